The lowest BCUT2D eigenvalue weighted by atomic mass is 9.86. The van der Waals surface area contributed by atoms with Gasteiger partial charge in [-0.15, -0.1) is 0 Å². The predicted octanol–water partition coefficient (Wildman–Crippen LogP) is 4.41. The third kappa shape index (κ3) is 3.92. The number of hydrogen-bond donors (Lipinski definition) is 3. The molecule has 3 aromatic rings. The number of piperidine rings is 1. The molecule has 0 saturated carbocycles. The van der Waals surface area contributed by atoms with Crippen molar-refractivity contribution in [1.29, 1.82) is 0 Å². The van der Waals surface area contributed by atoms with Crippen LogP contribution in [0.15, 0.2) is 53.6 Å². The Morgan fingerprint density at radius 1 is 1.19 bits per heavy atom. The highest BCUT2D eigenvalue weighted by atomic mass is 35.5. The number of anilines is 2. The van der Waals surface area contributed by atoms with Crippen molar-refractivity contribution < 1.29 is 17.9 Å². The summed E-state index contributed by atoms with van der Waals surface area (Å²) in [7, 11) is -3.89. The molecule has 1 aromatic heterocycles. The molecule has 2 amide bonds. The number of halogens is 1. The number of para-hydroxylation sites is 1. The Balaban J connectivity index is 1.33. The van der Waals surface area contributed by atoms with Crippen LogP contribution in [0.5, 0.6) is 0 Å². The minimum Gasteiger partial charge on any atom is -0.373 e. The number of nitrogens with one attached hydrogen (secondary N) is 3. The van der Waals surface area contributed by atoms with Gasteiger partial charge in [0.15, 0.2) is 0 Å². The molecule has 1 unspecified atom stereocenters. The molecule has 2 fully saturated rings. The van der Waals surface area contributed by atoms with Gasteiger partial charge in [-0.1, -0.05) is 29.8 Å². The van der Waals surface area contributed by atoms with Gasteiger partial charge in [0.25, 0.3) is 10.0 Å². The first kappa shape index (κ1) is 21.1. The summed E-state index contributed by atoms with van der Waals surface area (Å²) in [6.07, 6.45) is 4.43. The van der Waals surface area contributed by atoms with Gasteiger partial charge in [-0.25, -0.2) is 13.2 Å². The molecule has 0 aliphatic carbocycles. The maximum absolute atomic E-state index is 13.0. The number of aromatic amines is 1. The lowest BCUT2D eigenvalue weighted by Crippen LogP contribution is -2.57. The average Bonchev–Trinajstić information content (AvgIpc) is 3.15. The molecule has 8 nitrogen and oxygen atoms in total. The molecule has 2 aliphatic rings. The van der Waals surface area contributed by atoms with E-state index in [0.717, 1.165) is 31.3 Å². The summed E-state index contributed by atoms with van der Waals surface area (Å²) in [5.41, 5.74) is 1.20. The molecule has 2 saturated heterocycles. The molecule has 5 rings (SSSR count). The number of hydrogen-bond acceptors (Lipinski definition) is 4. The second-order valence-corrected chi connectivity index (χ2v) is 10.3. The standard InChI is InChI=1S/C22H23ClN4O4S/c23-18-13-24-20-17(18)6-2-7-19(20)26-32(29,30)16-5-1-4-15(12-16)25-21(28)27-10-3-8-22(14-27)9-11-31-22/h1-2,4-7,12-13,24,26H,3,8-11,14H2,(H,25,28). The van der Waals surface area contributed by atoms with Crippen LogP contribution in [-0.2, 0) is 14.8 Å². The first-order valence-corrected chi connectivity index (χ1v) is 12.3. The van der Waals surface area contributed by atoms with E-state index in [1.807, 2.05) is 6.07 Å². The SMILES string of the molecule is O=C(Nc1cccc(S(=O)(=O)Nc2cccc3c(Cl)c[nH]c23)c1)N1CCCC2(CCO2)C1. The lowest BCUT2D eigenvalue weighted by Gasteiger charge is -2.48. The summed E-state index contributed by atoms with van der Waals surface area (Å²) < 4.78 is 34.4. The minimum atomic E-state index is -3.89. The number of sulfonamides is 1. The van der Waals surface area contributed by atoms with E-state index in [1.54, 1.807) is 35.4 Å². The quantitative estimate of drug-likeness (QED) is 0.521. The van der Waals surface area contributed by atoms with E-state index < -0.39 is 10.0 Å². The molecular formula is C22H23ClN4O4S. The molecule has 10 heteroatoms. The fraction of sp³-hybridized carbons (Fsp3) is 0.318. The maximum Gasteiger partial charge on any atom is 0.321 e. The van der Waals surface area contributed by atoms with Gasteiger partial charge < -0.3 is 19.9 Å². The number of urea groups is 1. The van der Waals surface area contributed by atoms with Gasteiger partial charge in [0.05, 0.1) is 39.9 Å². The summed E-state index contributed by atoms with van der Waals surface area (Å²) in [6.45, 7) is 1.95. The molecular weight excluding hydrogens is 452 g/mol. The summed E-state index contributed by atoms with van der Waals surface area (Å²) in [4.78, 5) is 17.5. The van der Waals surface area contributed by atoms with Crippen molar-refractivity contribution in [1.82, 2.24) is 9.88 Å². The smallest absolute Gasteiger partial charge is 0.321 e. The molecule has 1 spiro atoms. The van der Waals surface area contributed by atoms with Gasteiger partial charge >= 0.3 is 6.03 Å². The number of rotatable bonds is 4. The van der Waals surface area contributed by atoms with Crippen LogP contribution < -0.4 is 10.0 Å². The van der Waals surface area contributed by atoms with Gasteiger partial charge in [0, 0.05) is 30.2 Å². The van der Waals surface area contributed by atoms with Crippen LogP contribution in [0.3, 0.4) is 0 Å². The summed E-state index contributed by atoms with van der Waals surface area (Å²) in [5, 5.41) is 4.06. The molecule has 1 atom stereocenters. The predicted molar refractivity (Wildman–Crippen MR) is 124 cm³/mol. The third-order valence-corrected chi connectivity index (χ3v) is 7.77. The van der Waals surface area contributed by atoms with Crippen molar-refractivity contribution in [2.45, 2.75) is 29.8 Å². The number of carbonyl (C=O) groups is 1. The second kappa shape index (κ2) is 7.99. The molecule has 2 aromatic carbocycles. The zero-order valence-corrected chi connectivity index (χ0v) is 18.8. The number of likely N-dealkylation sites (tertiary alicyclic amines) is 1. The van der Waals surface area contributed by atoms with E-state index in [1.165, 1.54) is 12.1 Å². The number of carbonyl (C=O) groups excluding carboxylic acids is 1. The largest absolute Gasteiger partial charge is 0.373 e. The zero-order chi connectivity index (χ0) is 22.3. The third-order valence-electron chi connectivity index (χ3n) is 6.10. The number of fused-ring (bicyclic) bond motifs is 1. The highest BCUT2D eigenvalue weighted by Crippen LogP contribution is 2.35. The second-order valence-electron chi connectivity index (χ2n) is 8.23. The number of H-pyrrole nitrogens is 1. The van der Waals surface area contributed by atoms with Crippen molar-refractivity contribution in [2.75, 3.05) is 29.7 Å². The van der Waals surface area contributed by atoms with Gasteiger partial charge in [-0.2, -0.15) is 0 Å². The number of amides is 2. The topological polar surface area (TPSA) is 104 Å². The Morgan fingerprint density at radius 3 is 2.78 bits per heavy atom. The van der Waals surface area contributed by atoms with Crippen molar-refractivity contribution >= 4 is 49.9 Å². The molecule has 3 N–H and O–H groups in total. The fourth-order valence-corrected chi connectivity index (χ4v) is 5.67. The van der Waals surface area contributed by atoms with Crippen LogP contribution in [-0.4, -0.2) is 49.6 Å². The fourth-order valence-electron chi connectivity index (χ4n) is 4.34. The van der Waals surface area contributed by atoms with Gasteiger partial charge in [-0.05, 0) is 37.1 Å². The summed E-state index contributed by atoms with van der Waals surface area (Å²) in [5.74, 6) is 0. The number of benzene rings is 2. The Bertz CT molecular complexity index is 1290. The van der Waals surface area contributed by atoms with E-state index in [0.29, 0.717) is 35.0 Å². The maximum atomic E-state index is 13.0. The molecule has 168 valence electrons. The van der Waals surface area contributed by atoms with Crippen molar-refractivity contribution in [3.8, 4) is 0 Å². The van der Waals surface area contributed by atoms with Crippen molar-refractivity contribution in [3.63, 3.8) is 0 Å². The Labute approximate surface area is 190 Å². The zero-order valence-electron chi connectivity index (χ0n) is 17.2. The van der Waals surface area contributed by atoms with Crippen LogP contribution in [0.4, 0.5) is 16.2 Å². The number of nitrogens with zero attached hydrogens (tertiary/aromatic N) is 1. The minimum absolute atomic E-state index is 0.0439. The van der Waals surface area contributed by atoms with Crippen LogP contribution in [0.2, 0.25) is 5.02 Å². The highest BCUT2D eigenvalue weighted by molar-refractivity contribution is 7.92. The average molecular weight is 475 g/mol. The van der Waals surface area contributed by atoms with Crippen molar-refractivity contribution in [2.24, 2.45) is 0 Å². The highest BCUT2D eigenvalue weighted by Gasteiger charge is 2.43. The number of ether oxygens (including phenoxy) is 1. The van der Waals surface area contributed by atoms with Gasteiger partial charge in [0.2, 0.25) is 0 Å². The summed E-state index contributed by atoms with van der Waals surface area (Å²) in [6, 6.07) is 11.1. The first-order valence-electron chi connectivity index (χ1n) is 10.4. The van der Waals surface area contributed by atoms with Gasteiger partial charge in [-0.3, -0.25) is 4.72 Å². The van der Waals surface area contributed by atoms with Crippen LogP contribution in [0.1, 0.15) is 19.3 Å². The first-order chi connectivity index (χ1) is 15.4. The van der Waals surface area contributed by atoms with E-state index in [2.05, 4.69) is 15.0 Å². The van der Waals surface area contributed by atoms with E-state index in [9.17, 15) is 13.2 Å². The monoisotopic (exact) mass is 474 g/mol. The van der Waals surface area contributed by atoms with Crippen LogP contribution in [0.25, 0.3) is 10.9 Å². The number of aromatic nitrogens is 1. The normalized spacial score (nSPS) is 20.8. The van der Waals surface area contributed by atoms with E-state index in [4.69, 9.17) is 16.3 Å². The molecule has 32 heavy (non-hydrogen) atoms. The van der Waals surface area contributed by atoms with E-state index >= 15 is 0 Å². The Kier molecular flexibility index (Phi) is 5.27. The lowest BCUT2D eigenvalue weighted by molar-refractivity contribution is -0.170. The summed E-state index contributed by atoms with van der Waals surface area (Å²) >= 11 is 6.14. The van der Waals surface area contributed by atoms with E-state index in [-0.39, 0.29) is 16.5 Å². The van der Waals surface area contributed by atoms with Crippen molar-refractivity contribution in [3.05, 3.63) is 53.7 Å². The van der Waals surface area contributed by atoms with Crippen LogP contribution >= 0.6 is 11.6 Å². The Morgan fingerprint density at radius 2 is 2.00 bits per heavy atom. The Hall–Kier alpha value is -2.75. The van der Waals surface area contributed by atoms with Crippen LogP contribution in [0, 0.1) is 0 Å². The van der Waals surface area contributed by atoms with Gasteiger partial charge in [0.1, 0.15) is 0 Å². The molecule has 0 radical (unpaired) electrons. The molecule has 2 aliphatic heterocycles. The molecule has 0 bridgehead atoms. The molecule has 3 heterocycles.